The van der Waals surface area contributed by atoms with Crippen LogP contribution in [0.4, 0.5) is 0 Å². The number of nitrogens with one attached hydrogen (secondary N) is 1. The van der Waals surface area contributed by atoms with Gasteiger partial charge in [-0.15, -0.1) is 0 Å². The van der Waals surface area contributed by atoms with Crippen LogP contribution in [0.2, 0.25) is 0 Å². The van der Waals surface area contributed by atoms with Crippen LogP contribution < -0.4 is 5.32 Å². The fourth-order valence-electron chi connectivity index (χ4n) is 1.15. The van der Waals surface area contributed by atoms with Gasteiger partial charge in [0.05, 0.1) is 6.04 Å². The lowest BCUT2D eigenvalue weighted by Crippen LogP contribution is -2.36. The van der Waals surface area contributed by atoms with E-state index in [1.165, 1.54) is 0 Å². The summed E-state index contributed by atoms with van der Waals surface area (Å²) in [5.74, 6) is 0.0619. The molecular weight excluding hydrogens is 188 g/mol. The first-order chi connectivity index (χ1) is 6.91. The molecule has 0 aliphatic rings. The Morgan fingerprint density at radius 2 is 1.87 bits per heavy atom. The maximum Gasteiger partial charge on any atom is 0.225 e. The zero-order valence-electron chi connectivity index (χ0n) is 9.74. The number of pyridine rings is 1. The lowest BCUT2D eigenvalue weighted by atomic mass is 9.95. The largest absolute Gasteiger partial charge is 0.349 e. The van der Waals surface area contributed by atoms with Crippen molar-refractivity contribution in [3.8, 4) is 0 Å². The van der Waals surface area contributed by atoms with Gasteiger partial charge in [0.1, 0.15) is 0 Å². The van der Waals surface area contributed by atoms with Crippen molar-refractivity contribution in [2.75, 3.05) is 0 Å². The van der Waals surface area contributed by atoms with Gasteiger partial charge in [0, 0.05) is 17.8 Å². The Morgan fingerprint density at radius 3 is 2.33 bits per heavy atom. The van der Waals surface area contributed by atoms with Gasteiger partial charge < -0.3 is 5.32 Å². The van der Waals surface area contributed by atoms with E-state index in [0.29, 0.717) is 0 Å². The van der Waals surface area contributed by atoms with E-state index in [1.54, 1.807) is 12.4 Å². The highest BCUT2D eigenvalue weighted by Crippen LogP contribution is 2.17. The summed E-state index contributed by atoms with van der Waals surface area (Å²) in [5, 5.41) is 2.97. The summed E-state index contributed by atoms with van der Waals surface area (Å²) in [4.78, 5) is 15.7. The summed E-state index contributed by atoms with van der Waals surface area (Å²) in [6.45, 7) is 7.68. The van der Waals surface area contributed by atoms with Gasteiger partial charge in [-0.1, -0.05) is 20.8 Å². The van der Waals surface area contributed by atoms with E-state index >= 15 is 0 Å². The van der Waals surface area contributed by atoms with Crippen molar-refractivity contribution in [3.05, 3.63) is 30.1 Å². The molecule has 1 N–H and O–H groups in total. The van der Waals surface area contributed by atoms with Crippen LogP contribution in [0.25, 0.3) is 0 Å². The molecule has 1 aromatic heterocycles. The number of nitrogens with zero attached hydrogens (tertiary/aromatic N) is 1. The average Bonchev–Trinajstić information content (AvgIpc) is 2.17. The van der Waals surface area contributed by atoms with Crippen LogP contribution in [0.5, 0.6) is 0 Å². The van der Waals surface area contributed by atoms with Gasteiger partial charge in [0.15, 0.2) is 0 Å². The summed E-state index contributed by atoms with van der Waals surface area (Å²) >= 11 is 0. The Morgan fingerprint density at radius 1 is 1.33 bits per heavy atom. The topological polar surface area (TPSA) is 42.0 Å². The van der Waals surface area contributed by atoms with Crippen molar-refractivity contribution in [2.24, 2.45) is 5.41 Å². The molecule has 82 valence electrons. The number of carbonyl (C=O) groups excluding carboxylic acids is 1. The van der Waals surface area contributed by atoms with E-state index in [1.807, 2.05) is 39.8 Å². The second-order valence-electron chi connectivity index (χ2n) is 4.73. The van der Waals surface area contributed by atoms with Crippen molar-refractivity contribution in [3.63, 3.8) is 0 Å². The summed E-state index contributed by atoms with van der Waals surface area (Å²) in [5.41, 5.74) is 0.726. The highest BCUT2D eigenvalue weighted by atomic mass is 16.2. The third-order valence-electron chi connectivity index (χ3n) is 2.23. The van der Waals surface area contributed by atoms with Crippen LogP contribution in [-0.4, -0.2) is 10.9 Å². The van der Waals surface area contributed by atoms with E-state index in [4.69, 9.17) is 0 Å². The van der Waals surface area contributed by atoms with Gasteiger partial charge in [-0.25, -0.2) is 0 Å². The van der Waals surface area contributed by atoms with Crippen LogP contribution in [0.15, 0.2) is 24.5 Å². The average molecular weight is 206 g/mol. The molecule has 3 nitrogen and oxygen atoms in total. The normalized spacial score (nSPS) is 13.3. The van der Waals surface area contributed by atoms with Gasteiger partial charge in [0.2, 0.25) is 5.91 Å². The SMILES string of the molecule is C[C@H](NC(=O)C(C)(C)C)c1ccncc1. The standard InChI is InChI=1S/C12H18N2O/c1-9(10-5-7-13-8-6-10)14-11(15)12(2,3)4/h5-9H,1-4H3,(H,14,15)/t9-/m0/s1. The van der Waals surface area contributed by atoms with E-state index < -0.39 is 0 Å². The highest BCUT2D eigenvalue weighted by Gasteiger charge is 2.22. The van der Waals surface area contributed by atoms with E-state index in [9.17, 15) is 4.79 Å². The smallest absolute Gasteiger partial charge is 0.225 e. The lowest BCUT2D eigenvalue weighted by Gasteiger charge is -2.21. The predicted molar refractivity (Wildman–Crippen MR) is 60.2 cm³/mol. The molecule has 0 spiro atoms. The number of hydrogen-bond acceptors (Lipinski definition) is 2. The van der Waals surface area contributed by atoms with Crippen molar-refractivity contribution < 1.29 is 4.79 Å². The molecule has 0 aliphatic heterocycles. The zero-order chi connectivity index (χ0) is 11.5. The van der Waals surface area contributed by atoms with Crippen molar-refractivity contribution in [1.29, 1.82) is 0 Å². The Labute approximate surface area is 90.9 Å². The third-order valence-corrected chi connectivity index (χ3v) is 2.23. The molecule has 0 radical (unpaired) electrons. The Hall–Kier alpha value is -1.38. The van der Waals surface area contributed by atoms with Gasteiger partial charge in [0.25, 0.3) is 0 Å². The van der Waals surface area contributed by atoms with Gasteiger partial charge in [-0.2, -0.15) is 0 Å². The minimum absolute atomic E-state index is 0.0275. The summed E-state index contributed by atoms with van der Waals surface area (Å²) in [6.07, 6.45) is 3.46. The van der Waals surface area contributed by atoms with E-state index in [2.05, 4.69) is 10.3 Å². The molecule has 0 saturated carbocycles. The minimum atomic E-state index is -0.346. The lowest BCUT2D eigenvalue weighted by molar-refractivity contribution is -0.129. The van der Waals surface area contributed by atoms with E-state index in [-0.39, 0.29) is 17.4 Å². The van der Waals surface area contributed by atoms with Gasteiger partial charge in [-0.3, -0.25) is 9.78 Å². The fraction of sp³-hybridized carbons (Fsp3) is 0.500. The van der Waals surface area contributed by atoms with Crippen LogP contribution in [0.1, 0.15) is 39.3 Å². The van der Waals surface area contributed by atoms with Crippen molar-refractivity contribution in [2.45, 2.75) is 33.7 Å². The molecule has 1 rings (SSSR count). The minimum Gasteiger partial charge on any atom is -0.349 e. The molecule has 0 bridgehead atoms. The molecule has 1 heterocycles. The van der Waals surface area contributed by atoms with Crippen LogP contribution in [0, 0.1) is 5.41 Å². The summed E-state index contributed by atoms with van der Waals surface area (Å²) in [6, 6.07) is 3.85. The molecule has 1 amide bonds. The van der Waals surface area contributed by atoms with Gasteiger partial charge >= 0.3 is 0 Å². The highest BCUT2D eigenvalue weighted by molar-refractivity contribution is 5.81. The third kappa shape index (κ3) is 3.35. The van der Waals surface area contributed by atoms with E-state index in [0.717, 1.165) is 5.56 Å². The number of aromatic nitrogens is 1. The Bertz CT molecular complexity index is 327. The van der Waals surface area contributed by atoms with Crippen molar-refractivity contribution >= 4 is 5.91 Å². The fourth-order valence-corrected chi connectivity index (χ4v) is 1.15. The number of carbonyl (C=O) groups is 1. The first-order valence-electron chi connectivity index (χ1n) is 5.12. The van der Waals surface area contributed by atoms with Crippen LogP contribution in [0.3, 0.4) is 0 Å². The number of amides is 1. The quantitative estimate of drug-likeness (QED) is 0.806. The molecule has 3 heteroatoms. The summed E-state index contributed by atoms with van der Waals surface area (Å²) < 4.78 is 0. The first-order valence-corrected chi connectivity index (χ1v) is 5.12. The first kappa shape index (κ1) is 11.7. The molecule has 0 aromatic carbocycles. The number of rotatable bonds is 2. The zero-order valence-corrected chi connectivity index (χ0v) is 9.74. The second-order valence-corrected chi connectivity index (χ2v) is 4.73. The second kappa shape index (κ2) is 4.43. The molecule has 0 saturated heterocycles. The maximum absolute atomic E-state index is 11.7. The molecule has 0 fully saturated rings. The molecule has 1 atom stereocenters. The van der Waals surface area contributed by atoms with Crippen LogP contribution >= 0.6 is 0 Å². The Balaban J connectivity index is 2.65. The predicted octanol–water partition coefficient (Wildman–Crippen LogP) is 2.30. The molecular formula is C12H18N2O. The molecule has 1 aromatic rings. The van der Waals surface area contributed by atoms with Crippen molar-refractivity contribution in [1.82, 2.24) is 10.3 Å². The summed E-state index contributed by atoms with van der Waals surface area (Å²) in [7, 11) is 0. The molecule has 15 heavy (non-hydrogen) atoms. The van der Waals surface area contributed by atoms with Gasteiger partial charge in [-0.05, 0) is 24.6 Å². The number of hydrogen-bond donors (Lipinski definition) is 1. The monoisotopic (exact) mass is 206 g/mol. The maximum atomic E-state index is 11.7. The molecule has 0 aliphatic carbocycles. The molecule has 0 unspecified atom stereocenters. The Kier molecular flexibility index (Phi) is 3.45. The van der Waals surface area contributed by atoms with Crippen LogP contribution in [-0.2, 0) is 4.79 Å².